The topological polar surface area (TPSA) is 29.5 Å². The maximum Gasteiger partial charge on any atom is 0.182 e. The van der Waals surface area contributed by atoms with E-state index in [-0.39, 0.29) is 5.78 Å². The summed E-state index contributed by atoms with van der Waals surface area (Å²) in [4.78, 5) is 16.6. The molecule has 2 heterocycles. The molecule has 0 unspecified atom stereocenters. The van der Waals surface area contributed by atoms with Gasteiger partial charge in [-0.15, -0.1) is 11.8 Å². The van der Waals surface area contributed by atoms with Crippen molar-refractivity contribution in [3.63, 3.8) is 0 Å². The molecule has 1 fully saturated rings. The molecule has 4 heteroatoms. The van der Waals surface area contributed by atoms with E-state index in [1.165, 1.54) is 22.6 Å². The first-order valence-corrected chi connectivity index (χ1v) is 8.71. The van der Waals surface area contributed by atoms with Gasteiger partial charge in [-0.2, -0.15) is 0 Å². The van der Waals surface area contributed by atoms with Crippen LogP contribution in [0.25, 0.3) is 0 Å². The van der Waals surface area contributed by atoms with Crippen LogP contribution in [0.15, 0.2) is 23.1 Å². The Bertz CT molecular complexity index is 536. The molecule has 0 aromatic heterocycles. The lowest BCUT2D eigenvalue weighted by atomic mass is 9.89. The van der Waals surface area contributed by atoms with Crippen LogP contribution >= 0.6 is 11.8 Å². The smallest absolute Gasteiger partial charge is 0.182 e. The predicted octanol–water partition coefficient (Wildman–Crippen LogP) is 3.02. The van der Waals surface area contributed by atoms with Crippen molar-refractivity contribution in [1.29, 1.82) is 0 Å². The number of carbonyl (C=O) groups excluding carboxylic acids is 1. The third kappa shape index (κ3) is 3.03. The molecule has 0 spiro atoms. The maximum absolute atomic E-state index is 13.0. The van der Waals surface area contributed by atoms with Gasteiger partial charge in [-0.3, -0.25) is 9.69 Å². The number of ether oxygens (including phenoxy) is 1. The Balaban J connectivity index is 1.83. The van der Waals surface area contributed by atoms with Gasteiger partial charge in [0.05, 0.1) is 18.8 Å². The average molecular weight is 305 g/mol. The lowest BCUT2D eigenvalue weighted by molar-refractivity contribution is -0.00430. The summed E-state index contributed by atoms with van der Waals surface area (Å²) in [6, 6.07) is 6.25. The van der Waals surface area contributed by atoms with E-state index in [0.717, 1.165) is 38.3 Å². The van der Waals surface area contributed by atoms with E-state index < -0.39 is 5.54 Å². The fourth-order valence-electron chi connectivity index (χ4n) is 3.12. The van der Waals surface area contributed by atoms with Crippen LogP contribution in [0.2, 0.25) is 0 Å². The summed E-state index contributed by atoms with van der Waals surface area (Å²) in [6.07, 6.45) is 2.31. The Morgan fingerprint density at radius 3 is 2.81 bits per heavy atom. The summed E-state index contributed by atoms with van der Waals surface area (Å²) >= 11 is 1.91. The van der Waals surface area contributed by atoms with Gasteiger partial charge >= 0.3 is 0 Å². The number of benzene rings is 1. The highest BCUT2D eigenvalue weighted by atomic mass is 32.2. The number of fused-ring (bicyclic) bond motifs is 1. The molecule has 0 radical (unpaired) electrons. The molecule has 1 aromatic carbocycles. The highest BCUT2D eigenvalue weighted by Crippen LogP contribution is 2.32. The number of morpholine rings is 1. The molecule has 3 nitrogen and oxygen atoms in total. The van der Waals surface area contributed by atoms with Gasteiger partial charge in [-0.1, -0.05) is 6.07 Å². The van der Waals surface area contributed by atoms with Gasteiger partial charge in [0.25, 0.3) is 0 Å². The minimum Gasteiger partial charge on any atom is -0.379 e. The van der Waals surface area contributed by atoms with Crippen molar-refractivity contribution in [3.8, 4) is 0 Å². The second-order valence-corrected chi connectivity index (χ2v) is 7.40. The molecule has 3 rings (SSSR count). The van der Waals surface area contributed by atoms with E-state index in [0.29, 0.717) is 0 Å². The minimum atomic E-state index is -0.459. The van der Waals surface area contributed by atoms with Crippen molar-refractivity contribution >= 4 is 17.5 Å². The summed E-state index contributed by atoms with van der Waals surface area (Å²) < 4.78 is 5.40. The largest absolute Gasteiger partial charge is 0.379 e. The molecule has 1 aromatic rings. The summed E-state index contributed by atoms with van der Waals surface area (Å²) in [5.41, 5.74) is 1.74. The minimum absolute atomic E-state index is 0.225. The number of nitrogens with zero attached hydrogens (tertiary/aromatic N) is 1. The molecular weight excluding hydrogens is 282 g/mol. The summed E-state index contributed by atoms with van der Waals surface area (Å²) in [7, 11) is 0. The number of thioether (sulfide) groups is 1. The van der Waals surface area contributed by atoms with Crippen molar-refractivity contribution < 1.29 is 9.53 Å². The lowest BCUT2D eigenvalue weighted by Crippen LogP contribution is -2.54. The van der Waals surface area contributed by atoms with Gasteiger partial charge in [0.15, 0.2) is 5.78 Å². The Hall–Kier alpha value is -0.840. The monoisotopic (exact) mass is 305 g/mol. The first kappa shape index (κ1) is 15.1. The molecule has 0 N–H and O–H groups in total. The second kappa shape index (κ2) is 6.11. The highest BCUT2D eigenvalue weighted by Gasteiger charge is 2.36. The highest BCUT2D eigenvalue weighted by molar-refractivity contribution is 7.99. The fraction of sp³-hybridized carbons (Fsp3) is 0.588. The van der Waals surface area contributed by atoms with Crippen molar-refractivity contribution in [2.24, 2.45) is 0 Å². The first-order chi connectivity index (χ1) is 10.1. The fourth-order valence-corrected chi connectivity index (χ4v) is 4.14. The number of aryl methyl sites for hydroxylation is 1. The molecule has 0 saturated carbocycles. The van der Waals surface area contributed by atoms with Crippen LogP contribution < -0.4 is 0 Å². The van der Waals surface area contributed by atoms with Gasteiger partial charge < -0.3 is 4.74 Å². The maximum atomic E-state index is 13.0. The zero-order valence-corrected chi connectivity index (χ0v) is 13.7. The van der Waals surface area contributed by atoms with Gasteiger partial charge in [0.2, 0.25) is 0 Å². The normalized spacial score (nSPS) is 20.1. The van der Waals surface area contributed by atoms with E-state index in [1.807, 2.05) is 31.7 Å². The number of rotatable bonds is 3. The molecule has 2 aliphatic rings. The van der Waals surface area contributed by atoms with Crippen LogP contribution in [0.5, 0.6) is 0 Å². The van der Waals surface area contributed by atoms with E-state index in [4.69, 9.17) is 4.74 Å². The molecule has 1 saturated heterocycles. The average Bonchev–Trinajstić information content (AvgIpc) is 2.54. The zero-order valence-electron chi connectivity index (χ0n) is 12.9. The summed E-state index contributed by atoms with van der Waals surface area (Å²) in [6.45, 7) is 7.18. The number of hydrogen-bond acceptors (Lipinski definition) is 4. The molecule has 114 valence electrons. The van der Waals surface area contributed by atoms with Crippen molar-refractivity contribution in [2.75, 3.05) is 32.1 Å². The van der Waals surface area contributed by atoms with Crippen molar-refractivity contribution in [1.82, 2.24) is 4.90 Å². The zero-order chi connectivity index (χ0) is 14.9. The quantitative estimate of drug-likeness (QED) is 0.803. The second-order valence-electron chi connectivity index (χ2n) is 6.26. The van der Waals surface area contributed by atoms with E-state index in [1.54, 1.807) is 0 Å². The summed E-state index contributed by atoms with van der Waals surface area (Å²) in [5.74, 6) is 1.42. The van der Waals surface area contributed by atoms with E-state index >= 15 is 0 Å². The molecule has 0 amide bonds. The molecule has 0 aliphatic carbocycles. The molecule has 0 bridgehead atoms. The van der Waals surface area contributed by atoms with Crippen molar-refractivity contribution in [3.05, 3.63) is 29.3 Å². The molecule has 21 heavy (non-hydrogen) atoms. The van der Waals surface area contributed by atoms with Crippen LogP contribution in [0, 0.1) is 0 Å². The molecule has 0 atom stereocenters. The lowest BCUT2D eigenvalue weighted by Gasteiger charge is -2.39. The van der Waals surface area contributed by atoms with E-state index in [9.17, 15) is 4.79 Å². The SMILES string of the molecule is CC(C)(C(=O)c1ccc2c(c1)CCCS2)N1CCOCC1. The van der Waals surface area contributed by atoms with Crippen LogP contribution in [-0.4, -0.2) is 48.3 Å². The first-order valence-electron chi connectivity index (χ1n) is 7.72. The van der Waals surface area contributed by atoms with Crippen LogP contribution in [0.4, 0.5) is 0 Å². The van der Waals surface area contributed by atoms with Crippen molar-refractivity contribution in [2.45, 2.75) is 37.1 Å². The number of hydrogen-bond donors (Lipinski definition) is 0. The Morgan fingerprint density at radius 2 is 2.05 bits per heavy atom. The van der Waals surface area contributed by atoms with E-state index in [2.05, 4.69) is 17.0 Å². The molecule has 2 aliphatic heterocycles. The summed E-state index contributed by atoms with van der Waals surface area (Å²) in [5, 5.41) is 0. The molecular formula is C17H23NO2S. The van der Waals surface area contributed by atoms with Gasteiger partial charge in [0.1, 0.15) is 0 Å². The standard InChI is InChI=1S/C17H23NO2S/c1-17(2,18-7-9-20-10-8-18)16(19)14-5-6-15-13(12-14)4-3-11-21-15/h5-6,12H,3-4,7-11H2,1-2H3. The Labute approximate surface area is 131 Å². The van der Waals surface area contributed by atoms with Gasteiger partial charge in [-0.05, 0) is 50.1 Å². The number of Topliss-reactive ketones (excluding diaryl/α,β-unsaturated/α-hetero) is 1. The van der Waals surface area contributed by atoms with Gasteiger partial charge in [-0.25, -0.2) is 0 Å². The number of carbonyl (C=O) groups is 1. The third-order valence-electron chi connectivity index (χ3n) is 4.53. The van der Waals surface area contributed by atoms with Crippen LogP contribution in [-0.2, 0) is 11.2 Å². The Kier molecular flexibility index (Phi) is 4.38. The van der Waals surface area contributed by atoms with Crippen LogP contribution in [0.1, 0.15) is 36.2 Å². The predicted molar refractivity (Wildman–Crippen MR) is 86.3 cm³/mol. The third-order valence-corrected chi connectivity index (χ3v) is 5.73. The Morgan fingerprint density at radius 1 is 1.29 bits per heavy atom. The number of ketones is 1. The van der Waals surface area contributed by atoms with Crippen LogP contribution in [0.3, 0.4) is 0 Å². The van der Waals surface area contributed by atoms with Gasteiger partial charge in [0, 0.05) is 23.5 Å².